The first-order chi connectivity index (χ1) is 9.81. The predicted octanol–water partition coefficient (Wildman–Crippen LogP) is 2.47. The zero-order chi connectivity index (χ0) is 16.0. The molecule has 1 aromatic rings. The smallest absolute Gasteiger partial charge is 0.305 e. The average molecular weight is 299 g/mol. The van der Waals surface area contributed by atoms with Crippen LogP contribution in [0.4, 0.5) is 8.78 Å². The van der Waals surface area contributed by atoms with Crippen LogP contribution in [0.1, 0.15) is 25.8 Å². The number of aliphatic carboxylic acids is 1. The minimum atomic E-state index is -1.03. The molecule has 1 amide bonds. The van der Waals surface area contributed by atoms with Gasteiger partial charge >= 0.3 is 5.97 Å². The van der Waals surface area contributed by atoms with Crippen molar-refractivity contribution in [3.63, 3.8) is 0 Å². The van der Waals surface area contributed by atoms with Gasteiger partial charge in [0.2, 0.25) is 5.91 Å². The molecule has 0 unspecified atom stereocenters. The van der Waals surface area contributed by atoms with Gasteiger partial charge in [0.05, 0.1) is 12.8 Å². The molecule has 0 aromatic heterocycles. The summed E-state index contributed by atoms with van der Waals surface area (Å²) >= 11 is 0. The molecule has 21 heavy (non-hydrogen) atoms. The Morgan fingerprint density at radius 3 is 2.52 bits per heavy atom. The molecule has 0 aliphatic rings. The van der Waals surface area contributed by atoms with Gasteiger partial charge in [-0.1, -0.05) is 26.0 Å². The summed E-state index contributed by atoms with van der Waals surface area (Å²) in [5, 5.41) is 8.70. The van der Waals surface area contributed by atoms with Crippen LogP contribution in [0.15, 0.2) is 18.2 Å². The van der Waals surface area contributed by atoms with E-state index in [9.17, 15) is 18.4 Å². The molecule has 6 heteroatoms. The number of benzene rings is 1. The minimum absolute atomic E-state index is 0.0240. The Balaban J connectivity index is 2.79. The molecule has 0 radical (unpaired) electrons. The molecule has 1 rings (SSSR count). The van der Waals surface area contributed by atoms with Gasteiger partial charge < -0.3 is 10.0 Å². The molecule has 0 saturated heterocycles. The van der Waals surface area contributed by atoms with Crippen LogP contribution < -0.4 is 0 Å². The van der Waals surface area contributed by atoms with Crippen molar-refractivity contribution in [1.82, 2.24) is 4.90 Å². The number of hydrogen-bond acceptors (Lipinski definition) is 2. The Bertz CT molecular complexity index is 518. The van der Waals surface area contributed by atoms with Crippen LogP contribution >= 0.6 is 0 Å². The number of carboxylic acids is 1. The summed E-state index contributed by atoms with van der Waals surface area (Å²) in [6, 6.07) is 3.67. The second-order valence-electron chi connectivity index (χ2n) is 5.27. The van der Waals surface area contributed by atoms with E-state index in [1.807, 2.05) is 13.8 Å². The molecule has 0 aliphatic carbocycles. The second-order valence-corrected chi connectivity index (χ2v) is 5.27. The van der Waals surface area contributed by atoms with Gasteiger partial charge in [-0.3, -0.25) is 9.59 Å². The molecule has 0 fully saturated rings. The molecule has 0 aliphatic heterocycles. The molecular weight excluding hydrogens is 280 g/mol. The number of carbonyl (C=O) groups excluding carboxylic acids is 1. The van der Waals surface area contributed by atoms with Crippen molar-refractivity contribution in [3.8, 4) is 0 Å². The van der Waals surface area contributed by atoms with E-state index in [1.165, 1.54) is 17.0 Å². The van der Waals surface area contributed by atoms with Crippen LogP contribution in [0.2, 0.25) is 0 Å². The standard InChI is InChI=1S/C15H19F2NO3/c1-10(2)9-18(7-6-14(20)21)13(19)8-11-4-3-5-12(16)15(11)17/h3-5,10H,6-9H2,1-2H3,(H,20,21). The zero-order valence-corrected chi connectivity index (χ0v) is 12.1. The minimum Gasteiger partial charge on any atom is -0.481 e. The highest BCUT2D eigenvalue weighted by molar-refractivity contribution is 5.79. The van der Waals surface area contributed by atoms with Crippen LogP contribution in [0, 0.1) is 17.6 Å². The number of carboxylic acid groups (broad SMARTS) is 1. The van der Waals surface area contributed by atoms with Gasteiger partial charge in [-0.05, 0) is 12.0 Å². The maximum Gasteiger partial charge on any atom is 0.305 e. The lowest BCUT2D eigenvalue weighted by atomic mass is 10.1. The lowest BCUT2D eigenvalue weighted by Gasteiger charge is -2.24. The Morgan fingerprint density at radius 2 is 1.95 bits per heavy atom. The van der Waals surface area contributed by atoms with Gasteiger partial charge in [0.1, 0.15) is 0 Å². The second kappa shape index (κ2) is 7.71. The summed E-state index contributed by atoms with van der Waals surface area (Å²) in [7, 11) is 0. The van der Waals surface area contributed by atoms with Crippen molar-refractivity contribution in [2.75, 3.05) is 13.1 Å². The Morgan fingerprint density at radius 1 is 1.29 bits per heavy atom. The molecule has 1 aromatic carbocycles. The highest BCUT2D eigenvalue weighted by Gasteiger charge is 2.19. The number of rotatable bonds is 7. The summed E-state index contributed by atoms with van der Waals surface area (Å²) in [4.78, 5) is 24.2. The lowest BCUT2D eigenvalue weighted by Crippen LogP contribution is -2.37. The Hall–Kier alpha value is -1.98. The van der Waals surface area contributed by atoms with E-state index >= 15 is 0 Å². The van der Waals surface area contributed by atoms with Crippen LogP contribution in [0.5, 0.6) is 0 Å². The highest BCUT2D eigenvalue weighted by Crippen LogP contribution is 2.13. The van der Waals surface area contributed by atoms with E-state index in [1.54, 1.807) is 0 Å². The van der Waals surface area contributed by atoms with Crippen molar-refractivity contribution in [2.45, 2.75) is 26.7 Å². The van der Waals surface area contributed by atoms with Gasteiger partial charge in [-0.25, -0.2) is 8.78 Å². The maximum atomic E-state index is 13.6. The quantitative estimate of drug-likeness (QED) is 0.841. The molecule has 0 spiro atoms. The number of halogens is 2. The molecule has 0 saturated carbocycles. The summed E-state index contributed by atoms with van der Waals surface area (Å²) in [6.45, 7) is 4.22. The lowest BCUT2D eigenvalue weighted by molar-refractivity contribution is -0.138. The molecule has 0 bridgehead atoms. The van der Waals surface area contributed by atoms with E-state index in [2.05, 4.69) is 0 Å². The summed E-state index contributed by atoms with van der Waals surface area (Å²) < 4.78 is 26.7. The van der Waals surface area contributed by atoms with Crippen molar-refractivity contribution < 1.29 is 23.5 Å². The molecule has 4 nitrogen and oxygen atoms in total. The summed E-state index contributed by atoms with van der Waals surface area (Å²) in [6.07, 6.45) is -0.458. The van der Waals surface area contributed by atoms with Gasteiger partial charge in [-0.15, -0.1) is 0 Å². The molecule has 116 valence electrons. The monoisotopic (exact) mass is 299 g/mol. The normalized spacial score (nSPS) is 10.7. The third-order valence-electron chi connectivity index (χ3n) is 2.91. The fraction of sp³-hybridized carbons (Fsp3) is 0.467. The fourth-order valence-electron chi connectivity index (χ4n) is 1.95. The Kier molecular flexibility index (Phi) is 6.27. The van der Waals surface area contributed by atoms with Crippen molar-refractivity contribution in [3.05, 3.63) is 35.4 Å². The molecule has 0 heterocycles. The summed E-state index contributed by atoms with van der Waals surface area (Å²) in [5.41, 5.74) is -0.0240. The van der Waals surface area contributed by atoms with E-state index in [-0.39, 0.29) is 30.9 Å². The SMILES string of the molecule is CC(C)CN(CCC(=O)O)C(=O)Cc1cccc(F)c1F. The fourth-order valence-corrected chi connectivity index (χ4v) is 1.95. The number of carbonyl (C=O) groups is 2. The molecular formula is C15H19F2NO3. The van der Waals surface area contributed by atoms with E-state index in [4.69, 9.17) is 5.11 Å². The van der Waals surface area contributed by atoms with Crippen molar-refractivity contribution >= 4 is 11.9 Å². The highest BCUT2D eigenvalue weighted by atomic mass is 19.2. The van der Waals surface area contributed by atoms with Crippen LogP contribution in [0.3, 0.4) is 0 Å². The van der Waals surface area contributed by atoms with Gasteiger partial charge in [0.15, 0.2) is 11.6 Å². The molecule has 1 N–H and O–H groups in total. The maximum absolute atomic E-state index is 13.6. The third kappa shape index (κ3) is 5.49. The zero-order valence-electron chi connectivity index (χ0n) is 12.1. The topological polar surface area (TPSA) is 57.6 Å². The predicted molar refractivity (Wildman–Crippen MR) is 73.7 cm³/mol. The van der Waals surface area contributed by atoms with Crippen LogP contribution in [0.25, 0.3) is 0 Å². The van der Waals surface area contributed by atoms with Crippen molar-refractivity contribution in [2.24, 2.45) is 5.92 Å². The van der Waals surface area contributed by atoms with Crippen LogP contribution in [-0.2, 0) is 16.0 Å². The number of hydrogen-bond donors (Lipinski definition) is 1. The average Bonchev–Trinajstić information content (AvgIpc) is 2.39. The largest absolute Gasteiger partial charge is 0.481 e. The van der Waals surface area contributed by atoms with E-state index in [0.717, 1.165) is 6.07 Å². The first kappa shape index (κ1) is 17.1. The summed E-state index contributed by atoms with van der Waals surface area (Å²) in [5.74, 6) is -3.29. The van der Waals surface area contributed by atoms with Crippen molar-refractivity contribution in [1.29, 1.82) is 0 Å². The third-order valence-corrected chi connectivity index (χ3v) is 2.91. The Labute approximate surface area is 122 Å². The number of nitrogens with zero attached hydrogens (tertiary/aromatic N) is 1. The van der Waals surface area contributed by atoms with E-state index < -0.39 is 23.5 Å². The first-order valence-corrected chi connectivity index (χ1v) is 6.73. The van der Waals surface area contributed by atoms with E-state index in [0.29, 0.717) is 6.54 Å². The first-order valence-electron chi connectivity index (χ1n) is 6.73. The number of amides is 1. The van der Waals surface area contributed by atoms with Gasteiger partial charge in [-0.2, -0.15) is 0 Å². The van der Waals surface area contributed by atoms with Gasteiger partial charge in [0.25, 0.3) is 0 Å². The molecule has 0 atom stereocenters. The van der Waals surface area contributed by atoms with Gasteiger partial charge in [0, 0.05) is 18.7 Å². The van der Waals surface area contributed by atoms with Crippen LogP contribution in [-0.4, -0.2) is 35.0 Å².